The smallest absolute Gasteiger partial charge is 0.317 e. The van der Waals surface area contributed by atoms with E-state index in [1.54, 1.807) is 12.1 Å². The van der Waals surface area contributed by atoms with Gasteiger partial charge < -0.3 is 20.2 Å². The van der Waals surface area contributed by atoms with Crippen molar-refractivity contribution in [2.75, 3.05) is 10.6 Å². The number of oxazole rings is 1. The average Bonchev–Trinajstić information content (AvgIpc) is 3.21. The van der Waals surface area contributed by atoms with E-state index in [1.807, 2.05) is 0 Å². The molecule has 1 amide bonds. The van der Waals surface area contributed by atoms with Crippen LogP contribution in [0.25, 0.3) is 0 Å². The minimum atomic E-state index is -4.05. The number of amides is 1. The second-order valence-electron chi connectivity index (χ2n) is 7.30. The normalized spacial score (nSPS) is 15.4. The first-order valence-electron chi connectivity index (χ1n) is 9.70. The maximum atomic E-state index is 14.0. The first-order valence-corrected chi connectivity index (χ1v) is 11.6. The lowest BCUT2D eigenvalue weighted by Crippen LogP contribution is -2.33. The van der Waals surface area contributed by atoms with Crippen molar-refractivity contribution >= 4 is 44.7 Å². The molecule has 0 bridgehead atoms. The van der Waals surface area contributed by atoms with Crippen molar-refractivity contribution in [2.24, 2.45) is 0 Å². The SMILES string of the molecule is O=C(O)Cc1cnc(S(=O)(=O)C2CCc3ccc(NC(=O)c4c(F)cccc4Cl)cc3N2)o1. The standard InChI is InChI=1S/C21H17ClFN3O6S/c22-14-2-1-3-15(23)19(14)20(29)25-12-6-4-11-5-7-17(26-16(11)8-12)33(30,31)21-24-10-13(32-21)9-18(27)28/h1-4,6,8,10,17,26H,5,7,9H2,(H,25,29)(H,27,28). The maximum absolute atomic E-state index is 14.0. The number of carbonyl (C=O) groups is 2. The summed E-state index contributed by atoms with van der Waals surface area (Å²) in [5, 5.41) is 12.6. The van der Waals surface area contributed by atoms with Crippen molar-refractivity contribution in [2.45, 2.75) is 29.9 Å². The van der Waals surface area contributed by atoms with Crippen LogP contribution >= 0.6 is 11.6 Å². The van der Waals surface area contributed by atoms with Crippen molar-refractivity contribution in [3.05, 3.63) is 70.3 Å². The van der Waals surface area contributed by atoms with Crippen LogP contribution in [0.15, 0.2) is 52.2 Å². The number of hydrogen-bond acceptors (Lipinski definition) is 7. The number of aromatic nitrogens is 1. The van der Waals surface area contributed by atoms with E-state index in [4.69, 9.17) is 21.1 Å². The first kappa shape index (κ1) is 22.7. The number of halogens is 2. The Labute approximate surface area is 192 Å². The van der Waals surface area contributed by atoms with Gasteiger partial charge in [0.15, 0.2) is 0 Å². The first-order chi connectivity index (χ1) is 15.6. The fourth-order valence-corrected chi connectivity index (χ4v) is 5.08. The quantitative estimate of drug-likeness (QED) is 0.474. The summed E-state index contributed by atoms with van der Waals surface area (Å²) in [5.74, 6) is -2.76. The second-order valence-corrected chi connectivity index (χ2v) is 9.72. The van der Waals surface area contributed by atoms with Gasteiger partial charge in [0.2, 0.25) is 0 Å². The van der Waals surface area contributed by atoms with Crippen LogP contribution in [-0.4, -0.2) is 35.8 Å². The van der Waals surface area contributed by atoms with E-state index >= 15 is 0 Å². The number of nitrogens with one attached hydrogen (secondary N) is 2. The van der Waals surface area contributed by atoms with Gasteiger partial charge in [0.25, 0.3) is 15.7 Å². The summed E-state index contributed by atoms with van der Waals surface area (Å²) in [6, 6.07) is 8.78. The van der Waals surface area contributed by atoms with Crippen molar-refractivity contribution in [1.29, 1.82) is 0 Å². The highest BCUT2D eigenvalue weighted by Gasteiger charge is 2.35. The van der Waals surface area contributed by atoms with Crippen LogP contribution in [0.2, 0.25) is 5.02 Å². The van der Waals surface area contributed by atoms with Gasteiger partial charge in [-0.2, -0.15) is 0 Å². The van der Waals surface area contributed by atoms with Crippen LogP contribution in [0.3, 0.4) is 0 Å². The Bertz CT molecular complexity index is 1340. The molecule has 2 aromatic carbocycles. The van der Waals surface area contributed by atoms with E-state index in [2.05, 4.69) is 15.6 Å². The molecule has 4 rings (SSSR count). The molecule has 1 aliphatic rings. The fraction of sp³-hybridized carbons (Fsp3) is 0.190. The Hall–Kier alpha value is -3.44. The molecular weight excluding hydrogens is 477 g/mol. The Morgan fingerprint density at radius 1 is 1.30 bits per heavy atom. The van der Waals surface area contributed by atoms with Gasteiger partial charge in [0.1, 0.15) is 23.4 Å². The highest BCUT2D eigenvalue weighted by atomic mass is 35.5. The number of rotatable bonds is 6. The molecular formula is C21H17ClFN3O6S. The number of carboxylic acid groups (broad SMARTS) is 1. The van der Waals surface area contributed by atoms with Crippen LogP contribution in [0.5, 0.6) is 0 Å². The lowest BCUT2D eigenvalue weighted by atomic mass is 10.0. The van der Waals surface area contributed by atoms with Gasteiger partial charge in [-0.25, -0.2) is 17.8 Å². The number of carbonyl (C=O) groups excluding carboxylic acids is 1. The molecule has 0 spiro atoms. The molecule has 1 aromatic heterocycles. The number of carboxylic acids is 1. The zero-order chi connectivity index (χ0) is 23.8. The van der Waals surface area contributed by atoms with Gasteiger partial charge in [-0.3, -0.25) is 9.59 Å². The summed E-state index contributed by atoms with van der Waals surface area (Å²) in [7, 11) is -4.05. The molecule has 0 fully saturated rings. The predicted molar refractivity (Wildman–Crippen MR) is 117 cm³/mol. The van der Waals surface area contributed by atoms with Crippen molar-refractivity contribution in [1.82, 2.24) is 4.98 Å². The highest BCUT2D eigenvalue weighted by molar-refractivity contribution is 7.91. The molecule has 3 aromatic rings. The third-order valence-corrected chi connectivity index (χ3v) is 7.12. The van der Waals surface area contributed by atoms with Gasteiger partial charge in [-0.1, -0.05) is 23.7 Å². The van der Waals surface area contributed by atoms with Crippen molar-refractivity contribution < 1.29 is 31.9 Å². The Balaban J connectivity index is 1.54. The number of fused-ring (bicyclic) bond motifs is 1. The Morgan fingerprint density at radius 2 is 2.09 bits per heavy atom. The largest absolute Gasteiger partial charge is 0.481 e. The number of aliphatic carboxylic acids is 1. The molecule has 0 aliphatic carbocycles. The molecule has 2 heterocycles. The molecule has 0 radical (unpaired) electrons. The molecule has 3 N–H and O–H groups in total. The number of nitrogens with zero attached hydrogens (tertiary/aromatic N) is 1. The molecule has 0 saturated heterocycles. The predicted octanol–water partition coefficient (Wildman–Crippen LogP) is 3.50. The zero-order valence-electron chi connectivity index (χ0n) is 16.8. The number of aryl methyl sites for hydroxylation is 1. The van der Waals surface area contributed by atoms with Crippen LogP contribution in [0, 0.1) is 5.82 Å². The van der Waals surface area contributed by atoms with Crippen LogP contribution in [-0.2, 0) is 27.5 Å². The summed E-state index contributed by atoms with van der Waals surface area (Å²) in [5.41, 5.74) is 1.29. The molecule has 9 nitrogen and oxygen atoms in total. The third kappa shape index (κ3) is 4.69. The number of hydrogen-bond donors (Lipinski definition) is 3. The van der Waals surface area contributed by atoms with Crippen molar-refractivity contribution in [3.63, 3.8) is 0 Å². The van der Waals surface area contributed by atoms with E-state index in [0.29, 0.717) is 17.8 Å². The van der Waals surface area contributed by atoms with Gasteiger partial charge >= 0.3 is 11.2 Å². The van der Waals surface area contributed by atoms with Crippen LogP contribution in [0.1, 0.15) is 28.1 Å². The molecule has 12 heteroatoms. The Morgan fingerprint density at radius 3 is 2.82 bits per heavy atom. The third-order valence-electron chi connectivity index (χ3n) is 5.03. The summed E-state index contributed by atoms with van der Waals surface area (Å²) in [6.45, 7) is 0. The van der Waals surface area contributed by atoms with E-state index in [1.165, 1.54) is 18.2 Å². The number of benzene rings is 2. The minimum absolute atomic E-state index is 0.0389. The highest BCUT2D eigenvalue weighted by Crippen LogP contribution is 2.32. The van der Waals surface area contributed by atoms with Gasteiger partial charge in [-0.05, 0) is 42.7 Å². The number of anilines is 2. The maximum Gasteiger partial charge on any atom is 0.317 e. The summed E-state index contributed by atoms with van der Waals surface area (Å²) < 4.78 is 45.0. The van der Waals surface area contributed by atoms with Gasteiger partial charge in [0.05, 0.1) is 16.8 Å². The zero-order valence-corrected chi connectivity index (χ0v) is 18.4. The van der Waals surface area contributed by atoms with Crippen LogP contribution in [0.4, 0.5) is 15.8 Å². The Kier molecular flexibility index (Phi) is 6.09. The molecule has 0 saturated carbocycles. The topological polar surface area (TPSA) is 139 Å². The molecule has 1 unspecified atom stereocenters. The summed E-state index contributed by atoms with van der Waals surface area (Å²) in [6.07, 6.45) is 1.22. The minimum Gasteiger partial charge on any atom is -0.481 e. The average molecular weight is 494 g/mol. The molecule has 172 valence electrons. The fourth-order valence-electron chi connectivity index (χ4n) is 3.45. The van der Waals surface area contributed by atoms with Gasteiger partial charge in [-0.15, -0.1) is 0 Å². The van der Waals surface area contributed by atoms with Crippen LogP contribution < -0.4 is 10.6 Å². The summed E-state index contributed by atoms with van der Waals surface area (Å²) in [4.78, 5) is 27.0. The van der Waals surface area contributed by atoms with E-state index in [0.717, 1.165) is 17.8 Å². The molecule has 33 heavy (non-hydrogen) atoms. The monoisotopic (exact) mass is 493 g/mol. The van der Waals surface area contributed by atoms with Gasteiger partial charge in [0, 0.05) is 11.4 Å². The number of sulfone groups is 1. The molecule has 1 atom stereocenters. The lowest BCUT2D eigenvalue weighted by Gasteiger charge is -2.26. The lowest BCUT2D eigenvalue weighted by molar-refractivity contribution is -0.136. The van der Waals surface area contributed by atoms with E-state index in [9.17, 15) is 22.4 Å². The van der Waals surface area contributed by atoms with E-state index < -0.39 is 44.5 Å². The molecule has 1 aliphatic heterocycles. The van der Waals surface area contributed by atoms with Crippen molar-refractivity contribution in [3.8, 4) is 0 Å². The summed E-state index contributed by atoms with van der Waals surface area (Å²) >= 11 is 5.94. The van der Waals surface area contributed by atoms with E-state index in [-0.39, 0.29) is 22.8 Å². The second kappa shape index (κ2) is 8.83.